The van der Waals surface area contributed by atoms with Crippen molar-refractivity contribution >= 4 is 11.9 Å². The van der Waals surface area contributed by atoms with Crippen LogP contribution in [0.15, 0.2) is 30.3 Å². The minimum absolute atomic E-state index is 0.229. The van der Waals surface area contributed by atoms with Gasteiger partial charge in [-0.1, -0.05) is 43.2 Å². The van der Waals surface area contributed by atoms with E-state index >= 15 is 0 Å². The quantitative estimate of drug-likeness (QED) is 0.897. The number of carbonyl (C=O) groups excluding carboxylic acids is 2. The van der Waals surface area contributed by atoms with Crippen LogP contribution in [0.3, 0.4) is 0 Å². The molecule has 0 unspecified atom stereocenters. The van der Waals surface area contributed by atoms with Crippen LogP contribution in [0, 0.1) is 0 Å². The van der Waals surface area contributed by atoms with Gasteiger partial charge in [0.2, 0.25) is 5.91 Å². The van der Waals surface area contributed by atoms with Gasteiger partial charge in [-0.25, -0.2) is 4.79 Å². The van der Waals surface area contributed by atoms with Gasteiger partial charge in [0, 0.05) is 6.54 Å². The van der Waals surface area contributed by atoms with Crippen LogP contribution in [0.25, 0.3) is 0 Å². The van der Waals surface area contributed by atoms with Crippen LogP contribution < -0.4 is 10.6 Å². The third-order valence-corrected chi connectivity index (χ3v) is 4.10. The highest BCUT2D eigenvalue weighted by atomic mass is 16.2. The molecular formula is C17H25N3O2. The zero-order chi connectivity index (χ0) is 15.8. The topological polar surface area (TPSA) is 61.4 Å². The Morgan fingerprint density at radius 3 is 2.36 bits per heavy atom. The fourth-order valence-electron chi connectivity index (χ4n) is 2.69. The average Bonchev–Trinajstić information content (AvgIpc) is 2.82. The Morgan fingerprint density at radius 1 is 1.09 bits per heavy atom. The van der Waals surface area contributed by atoms with Gasteiger partial charge in [0.15, 0.2) is 0 Å². The molecule has 120 valence electrons. The normalized spacial score (nSPS) is 17.3. The summed E-state index contributed by atoms with van der Waals surface area (Å²) in [5, 5.41) is 5.15. The van der Waals surface area contributed by atoms with Crippen LogP contribution >= 0.6 is 0 Å². The summed E-state index contributed by atoms with van der Waals surface area (Å²) >= 11 is 0. The highest BCUT2D eigenvalue weighted by Crippen LogP contribution is 2.12. The highest BCUT2D eigenvalue weighted by Gasteiger charge is 2.23. The summed E-state index contributed by atoms with van der Waals surface area (Å²) in [4.78, 5) is 26.1. The van der Waals surface area contributed by atoms with E-state index in [9.17, 15) is 9.59 Å². The van der Waals surface area contributed by atoms with Crippen LogP contribution in [0.4, 0.5) is 4.79 Å². The lowest BCUT2D eigenvalue weighted by molar-refractivity contribution is -0.124. The van der Waals surface area contributed by atoms with E-state index in [-0.39, 0.29) is 11.9 Å². The standard InChI is InChI=1S/C17H25N3O2/c1-14(20-11-7-2-3-8-12-20)16(21)19-17(22)18-13-15-9-5-4-6-10-15/h4-6,9-10,14H,2-3,7-8,11-13H2,1H3,(H2,18,19,21,22)/t14-/m0/s1. The van der Waals surface area contributed by atoms with Gasteiger partial charge in [0.25, 0.3) is 0 Å². The van der Waals surface area contributed by atoms with Gasteiger partial charge in [0.05, 0.1) is 6.04 Å². The lowest BCUT2D eigenvalue weighted by Crippen LogP contribution is -2.49. The van der Waals surface area contributed by atoms with Gasteiger partial charge in [-0.3, -0.25) is 15.0 Å². The lowest BCUT2D eigenvalue weighted by atomic mass is 10.2. The van der Waals surface area contributed by atoms with Crippen LogP contribution in [-0.4, -0.2) is 36.0 Å². The van der Waals surface area contributed by atoms with E-state index in [4.69, 9.17) is 0 Å². The molecule has 3 amide bonds. The monoisotopic (exact) mass is 303 g/mol. The van der Waals surface area contributed by atoms with E-state index in [2.05, 4.69) is 15.5 Å². The Bertz CT molecular complexity index is 482. The first-order valence-corrected chi connectivity index (χ1v) is 8.03. The number of urea groups is 1. The Morgan fingerprint density at radius 2 is 1.73 bits per heavy atom. The van der Waals surface area contributed by atoms with E-state index in [1.54, 1.807) is 0 Å². The fourth-order valence-corrected chi connectivity index (χ4v) is 2.69. The lowest BCUT2D eigenvalue weighted by Gasteiger charge is -2.26. The minimum atomic E-state index is -0.435. The van der Waals surface area contributed by atoms with Crippen LogP contribution in [-0.2, 0) is 11.3 Å². The van der Waals surface area contributed by atoms with Crippen molar-refractivity contribution in [1.82, 2.24) is 15.5 Å². The maximum absolute atomic E-state index is 12.2. The third-order valence-electron chi connectivity index (χ3n) is 4.10. The Hall–Kier alpha value is -1.88. The first-order valence-electron chi connectivity index (χ1n) is 8.03. The largest absolute Gasteiger partial charge is 0.334 e. The first kappa shape index (κ1) is 16.5. The summed E-state index contributed by atoms with van der Waals surface area (Å²) in [6, 6.07) is 8.93. The summed E-state index contributed by atoms with van der Waals surface area (Å²) < 4.78 is 0. The molecule has 1 heterocycles. The van der Waals surface area contributed by atoms with Gasteiger partial charge in [0.1, 0.15) is 0 Å². The molecule has 2 rings (SSSR count). The van der Waals surface area contributed by atoms with Crippen molar-refractivity contribution in [2.45, 2.75) is 45.2 Å². The van der Waals surface area contributed by atoms with E-state index in [0.717, 1.165) is 31.5 Å². The van der Waals surface area contributed by atoms with Gasteiger partial charge in [-0.15, -0.1) is 0 Å². The molecule has 22 heavy (non-hydrogen) atoms. The fraction of sp³-hybridized carbons (Fsp3) is 0.529. The van der Waals surface area contributed by atoms with Crippen molar-refractivity contribution in [3.05, 3.63) is 35.9 Å². The van der Waals surface area contributed by atoms with Crippen LogP contribution in [0.5, 0.6) is 0 Å². The Labute approximate surface area is 132 Å². The van der Waals surface area contributed by atoms with Crippen molar-refractivity contribution in [1.29, 1.82) is 0 Å². The van der Waals surface area contributed by atoms with Crippen molar-refractivity contribution < 1.29 is 9.59 Å². The van der Waals surface area contributed by atoms with Gasteiger partial charge >= 0.3 is 6.03 Å². The second-order valence-electron chi connectivity index (χ2n) is 5.78. The number of hydrogen-bond donors (Lipinski definition) is 2. The summed E-state index contributed by atoms with van der Waals surface area (Å²) in [7, 11) is 0. The smallest absolute Gasteiger partial charge is 0.321 e. The molecule has 0 saturated carbocycles. The molecule has 1 saturated heterocycles. The molecule has 1 aromatic carbocycles. The van der Waals surface area contributed by atoms with Gasteiger partial charge in [-0.2, -0.15) is 0 Å². The minimum Gasteiger partial charge on any atom is -0.334 e. The molecule has 5 nitrogen and oxygen atoms in total. The summed E-state index contributed by atoms with van der Waals surface area (Å²) in [6.45, 7) is 4.14. The molecule has 0 radical (unpaired) electrons. The number of nitrogens with one attached hydrogen (secondary N) is 2. The average molecular weight is 303 g/mol. The summed E-state index contributed by atoms with van der Waals surface area (Å²) in [5.41, 5.74) is 1.01. The number of likely N-dealkylation sites (tertiary alicyclic amines) is 1. The molecule has 1 aliphatic rings. The van der Waals surface area contributed by atoms with E-state index < -0.39 is 6.03 Å². The van der Waals surface area contributed by atoms with E-state index in [0.29, 0.717) is 6.54 Å². The molecule has 0 spiro atoms. The number of amides is 3. The summed E-state index contributed by atoms with van der Waals surface area (Å²) in [5.74, 6) is -0.229. The van der Waals surface area contributed by atoms with Crippen molar-refractivity contribution in [3.63, 3.8) is 0 Å². The number of nitrogens with zero attached hydrogens (tertiary/aromatic N) is 1. The maximum Gasteiger partial charge on any atom is 0.321 e. The van der Waals surface area contributed by atoms with Gasteiger partial charge in [-0.05, 0) is 38.4 Å². The molecule has 0 aromatic heterocycles. The second kappa shape index (κ2) is 8.54. The Kier molecular flexibility index (Phi) is 6.40. The molecule has 5 heteroatoms. The number of rotatable bonds is 4. The predicted molar refractivity (Wildman–Crippen MR) is 86.3 cm³/mol. The van der Waals surface area contributed by atoms with Gasteiger partial charge < -0.3 is 5.32 Å². The number of hydrogen-bond acceptors (Lipinski definition) is 3. The van der Waals surface area contributed by atoms with Crippen LogP contribution in [0.1, 0.15) is 38.2 Å². The predicted octanol–water partition coefficient (Wildman–Crippen LogP) is 2.28. The molecule has 0 aliphatic carbocycles. The molecule has 0 bridgehead atoms. The first-order chi connectivity index (χ1) is 10.7. The van der Waals surface area contributed by atoms with Crippen molar-refractivity contribution in [3.8, 4) is 0 Å². The SMILES string of the molecule is C[C@@H](C(=O)NC(=O)NCc1ccccc1)N1CCCCCC1. The molecule has 1 fully saturated rings. The Balaban J connectivity index is 1.76. The zero-order valence-electron chi connectivity index (χ0n) is 13.2. The summed E-state index contributed by atoms with van der Waals surface area (Å²) in [6.07, 6.45) is 4.69. The third kappa shape index (κ3) is 5.15. The maximum atomic E-state index is 12.2. The zero-order valence-corrected chi connectivity index (χ0v) is 13.2. The number of imide groups is 1. The molecular weight excluding hydrogens is 278 g/mol. The molecule has 1 aromatic rings. The van der Waals surface area contributed by atoms with Crippen molar-refractivity contribution in [2.75, 3.05) is 13.1 Å². The van der Waals surface area contributed by atoms with Crippen molar-refractivity contribution in [2.24, 2.45) is 0 Å². The molecule has 1 atom stereocenters. The van der Waals surface area contributed by atoms with E-state index in [1.807, 2.05) is 37.3 Å². The van der Waals surface area contributed by atoms with E-state index in [1.165, 1.54) is 12.8 Å². The highest BCUT2D eigenvalue weighted by molar-refractivity contribution is 5.96. The van der Waals surface area contributed by atoms with Crippen LogP contribution in [0.2, 0.25) is 0 Å². The number of benzene rings is 1. The second-order valence-corrected chi connectivity index (χ2v) is 5.78. The molecule has 1 aliphatic heterocycles. The number of carbonyl (C=O) groups is 2. The molecule has 2 N–H and O–H groups in total.